The number of fused-ring (bicyclic) bond motifs is 3. The molecule has 0 bridgehead atoms. The monoisotopic (exact) mass is 474 g/mol. The van der Waals surface area contributed by atoms with Gasteiger partial charge < -0.3 is 26.0 Å². The van der Waals surface area contributed by atoms with Crippen LogP contribution in [0.25, 0.3) is 0 Å². The van der Waals surface area contributed by atoms with E-state index < -0.39 is 0 Å². The number of anilines is 3. The number of halogens is 2. The molecule has 4 N–H and O–H groups in total. The summed E-state index contributed by atoms with van der Waals surface area (Å²) in [6.45, 7) is 4.80. The number of carbonyl (C=O) groups excluding carboxylic acids is 1. The van der Waals surface area contributed by atoms with Crippen molar-refractivity contribution in [2.75, 3.05) is 22.5 Å². The summed E-state index contributed by atoms with van der Waals surface area (Å²) in [5, 5.41) is 14.4. The Morgan fingerprint density at radius 1 is 1.19 bits per heavy atom. The van der Waals surface area contributed by atoms with Gasteiger partial charge in [-0.25, -0.2) is 0 Å². The number of benzene rings is 2. The van der Waals surface area contributed by atoms with Crippen LogP contribution in [0.2, 0.25) is 10.0 Å². The van der Waals surface area contributed by atoms with Gasteiger partial charge in [-0.3, -0.25) is 4.79 Å². The van der Waals surface area contributed by atoms with E-state index in [1.165, 1.54) is 25.7 Å². The maximum atomic E-state index is 13.1. The van der Waals surface area contributed by atoms with Gasteiger partial charge in [0.25, 0.3) is 5.91 Å². The minimum absolute atomic E-state index is 0.0824. The molecule has 2 aromatic rings. The Labute approximate surface area is 198 Å². The van der Waals surface area contributed by atoms with Crippen molar-refractivity contribution in [1.29, 1.82) is 0 Å². The topological polar surface area (TPSA) is 74.4 Å². The van der Waals surface area contributed by atoms with E-state index >= 15 is 0 Å². The van der Waals surface area contributed by atoms with Crippen LogP contribution in [0, 0.1) is 5.92 Å². The number of hydrogen-bond donors (Lipinski definition) is 4. The third-order valence-electron chi connectivity index (χ3n) is 6.47. The predicted octanol–water partition coefficient (Wildman–Crippen LogP) is 5.86. The second kappa shape index (κ2) is 8.23. The zero-order valence-corrected chi connectivity index (χ0v) is 19.8. The molecule has 0 saturated heterocycles. The Balaban J connectivity index is 1.41. The summed E-state index contributed by atoms with van der Waals surface area (Å²) in [6.07, 6.45) is 5.28. The highest BCUT2D eigenvalue weighted by Gasteiger charge is 2.39. The molecule has 5 rings (SSSR count). The standard InChI is InChI=1S/C24H28Cl2N4O2/c1-24(2)11-15-19-18(28-23(29-19)30-20-16(25)8-5-9-17(20)26)10-14(21(15)32-24)22(31)27-12-13-6-3-4-7-13/h5,8-10,13,23,28-30H,3-4,6-7,11-12H2,1-2H3,(H,27,31). The minimum atomic E-state index is -0.378. The lowest BCUT2D eigenvalue weighted by Gasteiger charge is -2.19. The number of carbonyl (C=O) groups is 1. The zero-order chi connectivity index (χ0) is 22.5. The van der Waals surface area contributed by atoms with Crippen LogP contribution in [-0.4, -0.2) is 24.3 Å². The summed E-state index contributed by atoms with van der Waals surface area (Å²) >= 11 is 12.7. The number of rotatable bonds is 5. The molecule has 0 aromatic heterocycles. The van der Waals surface area contributed by atoms with Crippen molar-refractivity contribution in [3.63, 3.8) is 0 Å². The smallest absolute Gasteiger partial charge is 0.255 e. The highest BCUT2D eigenvalue weighted by molar-refractivity contribution is 6.39. The van der Waals surface area contributed by atoms with E-state index in [4.69, 9.17) is 27.9 Å². The largest absolute Gasteiger partial charge is 0.486 e. The molecule has 6 nitrogen and oxygen atoms in total. The van der Waals surface area contributed by atoms with Gasteiger partial charge in [-0.15, -0.1) is 0 Å². The van der Waals surface area contributed by atoms with Crippen molar-refractivity contribution in [3.8, 4) is 5.75 Å². The molecule has 2 heterocycles. The van der Waals surface area contributed by atoms with Gasteiger partial charge in [0.1, 0.15) is 11.4 Å². The molecule has 3 aliphatic rings. The Morgan fingerprint density at radius 3 is 2.62 bits per heavy atom. The third kappa shape index (κ3) is 4.06. The second-order valence-electron chi connectivity index (χ2n) is 9.52. The Kier molecular flexibility index (Phi) is 5.54. The first-order valence-corrected chi connectivity index (χ1v) is 12.0. The molecule has 2 aromatic carbocycles. The highest BCUT2D eigenvalue weighted by atomic mass is 35.5. The van der Waals surface area contributed by atoms with Crippen molar-refractivity contribution in [3.05, 3.63) is 45.4 Å². The maximum absolute atomic E-state index is 13.1. The molecule has 8 heteroatoms. The van der Waals surface area contributed by atoms with E-state index in [2.05, 4.69) is 21.3 Å². The lowest BCUT2D eigenvalue weighted by Crippen LogP contribution is -2.32. The Hall–Kier alpha value is -2.31. The fourth-order valence-corrected chi connectivity index (χ4v) is 5.43. The molecule has 1 unspecified atom stereocenters. The van der Waals surface area contributed by atoms with Gasteiger partial charge in [0.05, 0.1) is 32.7 Å². The highest BCUT2D eigenvalue weighted by Crippen LogP contribution is 2.48. The van der Waals surface area contributed by atoms with Crippen LogP contribution in [0.1, 0.15) is 55.5 Å². The normalized spacial score (nSPS) is 20.7. The Morgan fingerprint density at radius 2 is 1.91 bits per heavy atom. The molecular weight excluding hydrogens is 447 g/mol. The third-order valence-corrected chi connectivity index (χ3v) is 7.10. The van der Waals surface area contributed by atoms with E-state index in [0.717, 1.165) is 23.5 Å². The average molecular weight is 475 g/mol. The predicted molar refractivity (Wildman–Crippen MR) is 130 cm³/mol. The quantitative estimate of drug-likeness (QED) is 0.436. The first kappa shape index (κ1) is 21.5. The van der Waals surface area contributed by atoms with Gasteiger partial charge in [-0.05, 0) is 50.8 Å². The van der Waals surface area contributed by atoms with E-state index in [1.807, 2.05) is 26.0 Å². The minimum Gasteiger partial charge on any atom is -0.486 e. The molecule has 1 saturated carbocycles. The fraction of sp³-hybridized carbons (Fsp3) is 0.458. The number of ether oxygens (including phenoxy) is 1. The van der Waals surface area contributed by atoms with Crippen LogP contribution in [0.3, 0.4) is 0 Å². The first-order chi connectivity index (χ1) is 15.3. The van der Waals surface area contributed by atoms with Crippen LogP contribution < -0.4 is 26.0 Å². The van der Waals surface area contributed by atoms with Gasteiger partial charge in [0, 0.05) is 18.5 Å². The van der Waals surface area contributed by atoms with Crippen molar-refractivity contribution in [2.45, 2.75) is 57.8 Å². The van der Waals surface area contributed by atoms with Crippen LogP contribution in [0.5, 0.6) is 5.75 Å². The van der Waals surface area contributed by atoms with Crippen LogP contribution >= 0.6 is 23.2 Å². The number of para-hydroxylation sites is 1. The van der Waals surface area contributed by atoms with E-state index in [1.54, 1.807) is 12.1 Å². The molecular formula is C24H28Cl2N4O2. The maximum Gasteiger partial charge on any atom is 0.255 e. The zero-order valence-electron chi connectivity index (χ0n) is 18.3. The second-order valence-corrected chi connectivity index (χ2v) is 10.3. The summed E-state index contributed by atoms with van der Waals surface area (Å²) in [6, 6.07) is 7.27. The average Bonchev–Trinajstić information content (AvgIpc) is 3.46. The molecule has 0 radical (unpaired) electrons. The molecule has 1 fully saturated rings. The van der Waals surface area contributed by atoms with Crippen molar-refractivity contribution in [2.24, 2.45) is 5.92 Å². The SMILES string of the molecule is CC1(C)Cc2c3c(cc(C(=O)NCC4CCCC4)c2O1)NC(Nc1c(Cl)cccc1Cl)N3. The fourth-order valence-electron chi connectivity index (χ4n) is 4.93. The summed E-state index contributed by atoms with van der Waals surface area (Å²) < 4.78 is 6.24. The van der Waals surface area contributed by atoms with Gasteiger partial charge >= 0.3 is 0 Å². The molecule has 1 atom stereocenters. The van der Waals surface area contributed by atoms with Gasteiger partial charge in [0.15, 0.2) is 6.29 Å². The van der Waals surface area contributed by atoms with E-state index in [0.29, 0.717) is 39.4 Å². The number of amides is 1. The van der Waals surface area contributed by atoms with Gasteiger partial charge in [-0.2, -0.15) is 0 Å². The summed E-state index contributed by atoms with van der Waals surface area (Å²) in [4.78, 5) is 13.1. The van der Waals surface area contributed by atoms with Crippen molar-refractivity contribution in [1.82, 2.24) is 5.32 Å². The lowest BCUT2D eigenvalue weighted by atomic mass is 9.97. The lowest BCUT2D eigenvalue weighted by molar-refractivity contribution is 0.0933. The van der Waals surface area contributed by atoms with Crippen LogP contribution in [0.15, 0.2) is 24.3 Å². The van der Waals surface area contributed by atoms with Crippen molar-refractivity contribution < 1.29 is 9.53 Å². The molecule has 1 amide bonds. The van der Waals surface area contributed by atoms with Gasteiger partial charge in [-0.1, -0.05) is 42.1 Å². The first-order valence-electron chi connectivity index (χ1n) is 11.2. The number of nitrogens with one attached hydrogen (secondary N) is 4. The van der Waals surface area contributed by atoms with E-state index in [-0.39, 0.29) is 17.8 Å². The van der Waals surface area contributed by atoms with Gasteiger partial charge in [0.2, 0.25) is 0 Å². The summed E-state index contributed by atoms with van der Waals surface area (Å²) in [7, 11) is 0. The van der Waals surface area contributed by atoms with Crippen LogP contribution in [0.4, 0.5) is 17.1 Å². The number of hydrogen-bond acceptors (Lipinski definition) is 5. The Bertz CT molecular complexity index is 1050. The molecule has 0 spiro atoms. The van der Waals surface area contributed by atoms with Crippen LogP contribution in [-0.2, 0) is 6.42 Å². The molecule has 32 heavy (non-hydrogen) atoms. The van der Waals surface area contributed by atoms with E-state index in [9.17, 15) is 4.79 Å². The van der Waals surface area contributed by atoms with Crippen molar-refractivity contribution >= 4 is 46.2 Å². The molecule has 2 aliphatic heterocycles. The molecule has 1 aliphatic carbocycles. The molecule has 170 valence electrons. The summed E-state index contributed by atoms with van der Waals surface area (Å²) in [5.41, 5.74) is 3.66. The summed E-state index contributed by atoms with van der Waals surface area (Å²) in [5.74, 6) is 1.16.